The zero-order valence-corrected chi connectivity index (χ0v) is 13.1. The summed E-state index contributed by atoms with van der Waals surface area (Å²) in [5.41, 5.74) is 1.24. The number of nitrogens with zero attached hydrogens (tertiary/aromatic N) is 1. The number of thioether (sulfide) groups is 1. The highest BCUT2D eigenvalue weighted by Crippen LogP contribution is 2.33. The molecule has 2 aliphatic heterocycles. The van der Waals surface area contributed by atoms with Crippen LogP contribution in [0.2, 0.25) is 0 Å². The zero-order chi connectivity index (χ0) is 13.8. The first-order valence-electron chi connectivity index (χ1n) is 7.23. The van der Waals surface area contributed by atoms with Crippen LogP contribution in [0.3, 0.4) is 0 Å². The molecule has 0 aliphatic carbocycles. The largest absolute Gasteiger partial charge is 0.376 e. The second-order valence-electron chi connectivity index (χ2n) is 5.14. The van der Waals surface area contributed by atoms with Crippen LogP contribution in [-0.2, 0) is 4.74 Å². The quantitative estimate of drug-likeness (QED) is 0.847. The third-order valence-corrected chi connectivity index (χ3v) is 5.20. The average molecular weight is 308 g/mol. The summed E-state index contributed by atoms with van der Waals surface area (Å²) < 4.78 is 5.64. The molecule has 2 aliphatic rings. The molecule has 0 aromatic heterocycles. The van der Waals surface area contributed by atoms with Gasteiger partial charge in [0.05, 0.1) is 11.8 Å². The van der Waals surface area contributed by atoms with Crippen molar-refractivity contribution < 1.29 is 4.74 Å². The van der Waals surface area contributed by atoms with Crippen molar-refractivity contribution in [1.29, 1.82) is 0 Å². The number of thiocarbonyl (C=S) groups is 1. The Bertz CT molecular complexity index is 475. The van der Waals surface area contributed by atoms with Gasteiger partial charge in [0.15, 0.2) is 5.11 Å². The molecule has 0 radical (unpaired) electrons. The Labute approximate surface area is 130 Å². The molecule has 1 saturated heterocycles. The van der Waals surface area contributed by atoms with Gasteiger partial charge in [-0.05, 0) is 49.4 Å². The smallest absolute Gasteiger partial charge is 0.173 e. The van der Waals surface area contributed by atoms with Gasteiger partial charge in [-0.25, -0.2) is 0 Å². The molecule has 0 amide bonds. The van der Waals surface area contributed by atoms with Gasteiger partial charge in [0.1, 0.15) is 0 Å². The molecule has 3 nitrogen and oxygen atoms in total. The Hall–Kier alpha value is -0.780. The van der Waals surface area contributed by atoms with Gasteiger partial charge in [-0.2, -0.15) is 0 Å². The standard InChI is InChI=1S/C15H20N2OS2/c19-15(16-11-12-5-3-9-18-12)17-8-4-10-20-14-7-2-1-6-13(14)17/h1-2,6-7,12H,3-5,8-11H2,(H,16,19). The first-order chi connectivity index (χ1) is 9.84. The predicted molar refractivity (Wildman–Crippen MR) is 88.7 cm³/mol. The number of hydrogen-bond donors (Lipinski definition) is 1. The fourth-order valence-corrected chi connectivity index (χ4v) is 3.91. The molecule has 1 aromatic rings. The highest BCUT2D eigenvalue weighted by atomic mass is 32.2. The van der Waals surface area contributed by atoms with Crippen molar-refractivity contribution in [2.45, 2.75) is 30.3 Å². The van der Waals surface area contributed by atoms with Crippen molar-refractivity contribution in [1.82, 2.24) is 5.32 Å². The molecule has 0 spiro atoms. The van der Waals surface area contributed by atoms with Crippen molar-refractivity contribution in [2.24, 2.45) is 0 Å². The number of nitrogens with one attached hydrogen (secondary N) is 1. The van der Waals surface area contributed by atoms with E-state index in [4.69, 9.17) is 17.0 Å². The molecule has 1 N–H and O–H groups in total. The number of hydrogen-bond acceptors (Lipinski definition) is 3. The van der Waals surface area contributed by atoms with Gasteiger partial charge in [-0.15, -0.1) is 11.8 Å². The van der Waals surface area contributed by atoms with Crippen LogP contribution in [0, 0.1) is 0 Å². The van der Waals surface area contributed by atoms with E-state index < -0.39 is 0 Å². The molecular formula is C15H20N2OS2. The van der Waals surface area contributed by atoms with Gasteiger partial charge in [-0.3, -0.25) is 0 Å². The summed E-state index contributed by atoms with van der Waals surface area (Å²) in [6.07, 6.45) is 3.79. The van der Waals surface area contributed by atoms with E-state index in [0.29, 0.717) is 6.10 Å². The van der Waals surface area contributed by atoms with Crippen molar-refractivity contribution in [3.05, 3.63) is 24.3 Å². The third-order valence-electron chi connectivity index (χ3n) is 3.69. The fraction of sp³-hybridized carbons (Fsp3) is 0.533. The lowest BCUT2D eigenvalue weighted by Crippen LogP contribution is -2.43. The molecule has 1 fully saturated rings. The fourth-order valence-electron chi connectivity index (χ4n) is 2.64. The lowest BCUT2D eigenvalue weighted by Gasteiger charge is -2.26. The molecule has 3 rings (SSSR count). The van der Waals surface area contributed by atoms with Gasteiger partial charge in [0, 0.05) is 24.6 Å². The summed E-state index contributed by atoms with van der Waals surface area (Å²) in [7, 11) is 0. The van der Waals surface area contributed by atoms with Crippen LogP contribution in [0.25, 0.3) is 0 Å². The van der Waals surface area contributed by atoms with Crippen molar-refractivity contribution in [2.75, 3.05) is 30.3 Å². The Morgan fingerprint density at radius 1 is 1.40 bits per heavy atom. The van der Waals surface area contributed by atoms with Crippen molar-refractivity contribution in [3.8, 4) is 0 Å². The summed E-state index contributed by atoms with van der Waals surface area (Å²) in [5.74, 6) is 1.15. The molecule has 108 valence electrons. The second-order valence-corrected chi connectivity index (χ2v) is 6.67. The first-order valence-corrected chi connectivity index (χ1v) is 8.63. The second kappa shape index (κ2) is 6.78. The molecule has 2 heterocycles. The van der Waals surface area contributed by atoms with E-state index in [9.17, 15) is 0 Å². The van der Waals surface area contributed by atoms with Crippen LogP contribution in [0.15, 0.2) is 29.2 Å². The molecule has 1 unspecified atom stereocenters. The summed E-state index contributed by atoms with van der Waals surface area (Å²) in [4.78, 5) is 3.56. The van der Waals surface area contributed by atoms with E-state index in [-0.39, 0.29) is 0 Å². The minimum Gasteiger partial charge on any atom is -0.376 e. The molecule has 5 heteroatoms. The van der Waals surface area contributed by atoms with Crippen LogP contribution in [-0.4, -0.2) is 36.7 Å². The normalized spacial score (nSPS) is 22.2. The maximum Gasteiger partial charge on any atom is 0.173 e. The Morgan fingerprint density at radius 2 is 2.30 bits per heavy atom. The molecule has 0 bridgehead atoms. The minimum absolute atomic E-state index is 0.324. The van der Waals surface area contributed by atoms with Crippen LogP contribution in [0.5, 0.6) is 0 Å². The Balaban J connectivity index is 1.67. The summed E-state index contributed by atoms with van der Waals surface area (Å²) in [5, 5.41) is 4.22. The van der Waals surface area contributed by atoms with E-state index in [1.54, 1.807) is 0 Å². The molecule has 1 aromatic carbocycles. The lowest BCUT2D eigenvalue weighted by molar-refractivity contribution is 0.114. The monoisotopic (exact) mass is 308 g/mol. The Kier molecular flexibility index (Phi) is 4.81. The maximum absolute atomic E-state index is 5.64. The number of rotatable bonds is 2. The SMILES string of the molecule is S=C(NCC1CCCO1)N1CCCSc2ccccc21. The van der Waals surface area contributed by atoms with Crippen LogP contribution in [0.1, 0.15) is 19.3 Å². The van der Waals surface area contributed by atoms with Gasteiger partial charge in [-0.1, -0.05) is 12.1 Å². The van der Waals surface area contributed by atoms with Crippen LogP contribution in [0.4, 0.5) is 5.69 Å². The van der Waals surface area contributed by atoms with E-state index in [2.05, 4.69) is 34.5 Å². The van der Waals surface area contributed by atoms with E-state index in [1.165, 1.54) is 17.0 Å². The van der Waals surface area contributed by atoms with Crippen molar-refractivity contribution >= 4 is 34.8 Å². The molecule has 20 heavy (non-hydrogen) atoms. The number of ether oxygens (including phenoxy) is 1. The van der Waals surface area contributed by atoms with Gasteiger partial charge in [0.2, 0.25) is 0 Å². The summed E-state index contributed by atoms with van der Waals surface area (Å²) >= 11 is 7.52. The predicted octanol–water partition coefficient (Wildman–Crippen LogP) is 3.04. The average Bonchev–Trinajstić information content (AvgIpc) is 2.90. The van der Waals surface area contributed by atoms with Gasteiger partial charge < -0.3 is 15.0 Å². The van der Waals surface area contributed by atoms with E-state index >= 15 is 0 Å². The van der Waals surface area contributed by atoms with Crippen molar-refractivity contribution in [3.63, 3.8) is 0 Å². The zero-order valence-electron chi connectivity index (χ0n) is 11.5. The molecule has 1 atom stereocenters. The maximum atomic E-state index is 5.64. The molecule has 0 saturated carbocycles. The summed E-state index contributed by atoms with van der Waals surface area (Å²) in [6, 6.07) is 8.52. The van der Waals surface area contributed by atoms with Gasteiger partial charge >= 0.3 is 0 Å². The number of para-hydroxylation sites is 1. The highest BCUT2D eigenvalue weighted by molar-refractivity contribution is 7.99. The minimum atomic E-state index is 0.324. The van der Waals surface area contributed by atoms with E-state index in [0.717, 1.165) is 43.4 Å². The Morgan fingerprint density at radius 3 is 3.15 bits per heavy atom. The number of fused-ring (bicyclic) bond motifs is 1. The van der Waals surface area contributed by atoms with Crippen LogP contribution < -0.4 is 10.2 Å². The lowest BCUT2D eigenvalue weighted by atomic mass is 10.2. The topological polar surface area (TPSA) is 24.5 Å². The number of anilines is 1. The molecular weight excluding hydrogens is 288 g/mol. The van der Waals surface area contributed by atoms with Gasteiger partial charge in [0.25, 0.3) is 0 Å². The number of benzene rings is 1. The van der Waals surface area contributed by atoms with Crippen LogP contribution >= 0.6 is 24.0 Å². The first kappa shape index (κ1) is 14.2. The van der Waals surface area contributed by atoms with E-state index in [1.807, 2.05) is 11.8 Å². The summed E-state index contributed by atoms with van der Waals surface area (Å²) in [6.45, 7) is 2.70. The highest BCUT2D eigenvalue weighted by Gasteiger charge is 2.20. The third kappa shape index (κ3) is 3.27.